The van der Waals surface area contributed by atoms with Gasteiger partial charge in [-0.25, -0.2) is 4.79 Å². The zero-order chi connectivity index (χ0) is 13.4. The Morgan fingerprint density at radius 2 is 2.06 bits per heavy atom. The lowest BCUT2D eigenvalue weighted by molar-refractivity contribution is -0.134. The maximum absolute atomic E-state index is 11.3. The first-order valence-electron chi connectivity index (χ1n) is 5.90. The van der Waals surface area contributed by atoms with Gasteiger partial charge in [-0.3, -0.25) is 10.1 Å². The van der Waals surface area contributed by atoms with Crippen LogP contribution in [0.25, 0.3) is 0 Å². The number of hydrogen-bond donors (Lipinski definition) is 1. The van der Waals surface area contributed by atoms with Crippen LogP contribution in [-0.2, 0) is 9.53 Å². The van der Waals surface area contributed by atoms with Crippen LogP contribution in [-0.4, -0.2) is 18.7 Å². The molecule has 98 valence electrons. The van der Waals surface area contributed by atoms with Crippen LogP contribution in [0.4, 0.5) is 10.5 Å². The summed E-state index contributed by atoms with van der Waals surface area (Å²) in [4.78, 5) is 22.5. The van der Waals surface area contributed by atoms with E-state index in [1.807, 2.05) is 6.92 Å². The molecule has 0 bridgehead atoms. The Morgan fingerprint density at radius 3 is 2.72 bits per heavy atom. The number of carbonyl (C=O) groups is 2. The van der Waals surface area contributed by atoms with Gasteiger partial charge in [0.05, 0.1) is 6.61 Å². The van der Waals surface area contributed by atoms with E-state index in [0.717, 1.165) is 6.42 Å². The molecule has 0 aliphatic rings. The molecule has 0 unspecified atom stereocenters. The van der Waals surface area contributed by atoms with E-state index in [9.17, 15) is 9.59 Å². The Labute approximate surface area is 106 Å². The third-order valence-corrected chi connectivity index (χ3v) is 2.04. The Kier molecular flexibility index (Phi) is 5.70. The lowest BCUT2D eigenvalue weighted by Gasteiger charge is -2.07. The number of esters is 1. The molecule has 18 heavy (non-hydrogen) atoms. The van der Waals surface area contributed by atoms with Crippen LogP contribution in [0.2, 0.25) is 0 Å². The monoisotopic (exact) mass is 251 g/mol. The minimum absolute atomic E-state index is 0.286. The lowest BCUT2D eigenvalue weighted by atomic mass is 10.3. The van der Waals surface area contributed by atoms with E-state index < -0.39 is 6.09 Å². The van der Waals surface area contributed by atoms with Crippen molar-refractivity contribution in [2.75, 3.05) is 11.9 Å². The number of ether oxygens (including phenoxy) is 2. The molecule has 5 heteroatoms. The van der Waals surface area contributed by atoms with Crippen LogP contribution in [0.5, 0.6) is 5.75 Å². The van der Waals surface area contributed by atoms with Crippen LogP contribution >= 0.6 is 0 Å². The summed E-state index contributed by atoms with van der Waals surface area (Å²) in [6.45, 7) is 3.93. The van der Waals surface area contributed by atoms with E-state index in [1.165, 1.54) is 0 Å². The van der Waals surface area contributed by atoms with Gasteiger partial charge < -0.3 is 9.47 Å². The summed E-state index contributed by atoms with van der Waals surface area (Å²) < 4.78 is 9.85. The number of anilines is 1. The highest BCUT2D eigenvalue weighted by molar-refractivity contribution is 5.85. The fourth-order valence-corrected chi connectivity index (χ4v) is 1.31. The van der Waals surface area contributed by atoms with Crippen LogP contribution in [0.15, 0.2) is 24.3 Å². The number of carbonyl (C=O) groups excluding carboxylic acids is 2. The summed E-state index contributed by atoms with van der Waals surface area (Å²) in [7, 11) is 0. The van der Waals surface area contributed by atoms with Crippen molar-refractivity contribution >= 4 is 17.7 Å². The standard InChI is InChI=1S/C13H17NO4/c1-3-6-12(15)18-11-8-5-7-10(9-11)14-13(16)17-4-2/h5,7-9H,3-4,6H2,1-2H3,(H,14,16). The van der Waals surface area contributed by atoms with Gasteiger partial charge in [0, 0.05) is 18.2 Å². The van der Waals surface area contributed by atoms with Gasteiger partial charge in [0.2, 0.25) is 0 Å². The van der Waals surface area contributed by atoms with Gasteiger partial charge in [-0.1, -0.05) is 13.0 Å². The summed E-state index contributed by atoms with van der Waals surface area (Å²) in [6.07, 6.45) is 0.573. The van der Waals surface area contributed by atoms with Gasteiger partial charge in [0.25, 0.3) is 0 Å². The molecule has 0 fully saturated rings. The molecule has 0 aromatic heterocycles. The van der Waals surface area contributed by atoms with Crippen LogP contribution in [0.1, 0.15) is 26.7 Å². The average molecular weight is 251 g/mol. The maximum Gasteiger partial charge on any atom is 0.411 e. The Balaban J connectivity index is 2.61. The van der Waals surface area contributed by atoms with Crippen molar-refractivity contribution in [3.05, 3.63) is 24.3 Å². The molecule has 5 nitrogen and oxygen atoms in total. The normalized spacial score (nSPS) is 9.67. The minimum Gasteiger partial charge on any atom is -0.450 e. The quantitative estimate of drug-likeness (QED) is 0.645. The molecule has 0 saturated heterocycles. The van der Waals surface area contributed by atoms with E-state index in [0.29, 0.717) is 24.5 Å². The van der Waals surface area contributed by atoms with Crippen molar-refractivity contribution in [1.82, 2.24) is 0 Å². The molecule has 0 saturated carbocycles. The van der Waals surface area contributed by atoms with E-state index in [4.69, 9.17) is 9.47 Å². The van der Waals surface area contributed by atoms with Gasteiger partial charge in [-0.05, 0) is 25.5 Å². The predicted molar refractivity (Wildman–Crippen MR) is 67.6 cm³/mol. The molecule has 0 heterocycles. The molecule has 1 aromatic carbocycles. The predicted octanol–water partition coefficient (Wildman–Crippen LogP) is 2.96. The summed E-state index contributed by atoms with van der Waals surface area (Å²) >= 11 is 0. The zero-order valence-electron chi connectivity index (χ0n) is 10.6. The van der Waals surface area contributed by atoms with Crippen molar-refractivity contribution in [3.8, 4) is 5.75 Å². The second-order valence-corrected chi connectivity index (χ2v) is 3.60. The third kappa shape index (κ3) is 4.86. The fourth-order valence-electron chi connectivity index (χ4n) is 1.31. The van der Waals surface area contributed by atoms with Gasteiger partial charge in [-0.2, -0.15) is 0 Å². The van der Waals surface area contributed by atoms with E-state index in [-0.39, 0.29) is 5.97 Å². The van der Waals surface area contributed by atoms with Crippen molar-refractivity contribution < 1.29 is 19.1 Å². The second-order valence-electron chi connectivity index (χ2n) is 3.60. The topological polar surface area (TPSA) is 64.6 Å². The smallest absolute Gasteiger partial charge is 0.411 e. The van der Waals surface area contributed by atoms with E-state index >= 15 is 0 Å². The van der Waals surface area contributed by atoms with Crippen molar-refractivity contribution in [3.63, 3.8) is 0 Å². The highest BCUT2D eigenvalue weighted by Crippen LogP contribution is 2.18. The molecule has 1 amide bonds. The SMILES string of the molecule is CCCC(=O)Oc1cccc(NC(=O)OCC)c1. The van der Waals surface area contributed by atoms with Gasteiger partial charge in [-0.15, -0.1) is 0 Å². The second kappa shape index (κ2) is 7.32. The summed E-state index contributed by atoms with van der Waals surface area (Å²) in [5.74, 6) is 0.119. The number of rotatable bonds is 5. The fraction of sp³-hybridized carbons (Fsp3) is 0.385. The Bertz CT molecular complexity index is 382. The molecule has 1 N–H and O–H groups in total. The lowest BCUT2D eigenvalue weighted by Crippen LogP contribution is -2.13. The number of amides is 1. The molecular formula is C13H17NO4. The van der Waals surface area contributed by atoms with E-state index in [2.05, 4.69) is 5.32 Å². The Hall–Kier alpha value is -2.04. The molecule has 1 rings (SSSR count). The molecule has 0 aliphatic heterocycles. The van der Waals surface area contributed by atoms with Gasteiger partial charge in [0.15, 0.2) is 0 Å². The first kappa shape index (κ1) is 14.0. The molecule has 0 aliphatic carbocycles. The molecule has 1 aromatic rings. The average Bonchev–Trinajstić information content (AvgIpc) is 2.29. The first-order valence-corrected chi connectivity index (χ1v) is 5.90. The van der Waals surface area contributed by atoms with Gasteiger partial charge >= 0.3 is 12.1 Å². The summed E-state index contributed by atoms with van der Waals surface area (Å²) in [5.41, 5.74) is 0.523. The summed E-state index contributed by atoms with van der Waals surface area (Å²) in [6, 6.07) is 6.61. The van der Waals surface area contributed by atoms with E-state index in [1.54, 1.807) is 31.2 Å². The largest absolute Gasteiger partial charge is 0.450 e. The number of hydrogen-bond acceptors (Lipinski definition) is 4. The molecule has 0 atom stereocenters. The van der Waals surface area contributed by atoms with Crippen molar-refractivity contribution in [2.45, 2.75) is 26.7 Å². The van der Waals surface area contributed by atoms with Gasteiger partial charge in [0.1, 0.15) is 5.75 Å². The highest BCUT2D eigenvalue weighted by atomic mass is 16.5. The maximum atomic E-state index is 11.3. The first-order chi connectivity index (χ1) is 8.65. The van der Waals surface area contributed by atoms with Crippen LogP contribution in [0, 0.1) is 0 Å². The van der Waals surface area contributed by atoms with Crippen molar-refractivity contribution in [1.29, 1.82) is 0 Å². The van der Waals surface area contributed by atoms with Crippen LogP contribution in [0.3, 0.4) is 0 Å². The minimum atomic E-state index is -0.533. The zero-order valence-corrected chi connectivity index (χ0v) is 10.6. The number of benzene rings is 1. The molecule has 0 radical (unpaired) electrons. The summed E-state index contributed by atoms with van der Waals surface area (Å²) in [5, 5.41) is 2.54. The van der Waals surface area contributed by atoms with Crippen LogP contribution < -0.4 is 10.1 Å². The molecular weight excluding hydrogens is 234 g/mol. The number of nitrogens with one attached hydrogen (secondary N) is 1. The highest BCUT2D eigenvalue weighted by Gasteiger charge is 2.06. The third-order valence-electron chi connectivity index (χ3n) is 2.04. The Morgan fingerprint density at radius 1 is 1.28 bits per heavy atom. The molecule has 0 spiro atoms. The van der Waals surface area contributed by atoms with Crippen molar-refractivity contribution in [2.24, 2.45) is 0 Å².